The van der Waals surface area contributed by atoms with E-state index in [1.54, 1.807) is 26.0 Å². The molecule has 1 aliphatic rings. The third-order valence-electron chi connectivity index (χ3n) is 6.07. The Labute approximate surface area is 217 Å². The quantitative estimate of drug-likeness (QED) is 0.265. The number of benzene rings is 1. The number of carbonyl (C=O) groups excluding carboxylic acids is 4. The lowest BCUT2D eigenvalue weighted by Crippen LogP contribution is -2.57. The summed E-state index contributed by atoms with van der Waals surface area (Å²) in [7, 11) is 0. The van der Waals surface area contributed by atoms with E-state index >= 15 is 0 Å². The van der Waals surface area contributed by atoms with E-state index in [4.69, 9.17) is 4.74 Å². The standard InChI is InChI=1S/C26H38N4O7/c1-15(2)12-19(23(32)29-20(25(34)35)13-18-10-11-27-22(18)31)28-24(33)21(16(3)4)30-26(36)37-14-17-8-6-5-7-9-17/h5-9,15-16,18-21H,10-14H2,1-4H3,(H,27,31)(H,28,33)(H,29,32)(H,30,36)(H,34,35)/t18-,19?,20?,21?/m0/s1. The molecule has 0 aromatic heterocycles. The third kappa shape index (κ3) is 9.74. The van der Waals surface area contributed by atoms with Gasteiger partial charge in [-0.1, -0.05) is 58.0 Å². The van der Waals surface area contributed by atoms with E-state index in [9.17, 15) is 29.1 Å². The van der Waals surface area contributed by atoms with Crippen LogP contribution in [-0.2, 0) is 30.5 Å². The molecule has 1 aromatic rings. The molecule has 0 bridgehead atoms. The predicted octanol–water partition coefficient (Wildman–Crippen LogP) is 1.56. The van der Waals surface area contributed by atoms with Gasteiger partial charge in [-0.2, -0.15) is 0 Å². The van der Waals surface area contributed by atoms with Crippen LogP contribution in [0.25, 0.3) is 0 Å². The first kappa shape index (κ1) is 29.6. The van der Waals surface area contributed by atoms with Crippen molar-refractivity contribution in [2.75, 3.05) is 6.54 Å². The molecule has 1 fully saturated rings. The number of amides is 4. The first-order valence-corrected chi connectivity index (χ1v) is 12.6. The molecule has 37 heavy (non-hydrogen) atoms. The SMILES string of the molecule is CC(C)CC(NC(=O)C(NC(=O)OCc1ccccc1)C(C)C)C(=O)NC(C[C@@H]1CCNC1=O)C(=O)O. The number of nitrogens with one attached hydrogen (secondary N) is 4. The molecule has 1 saturated heterocycles. The van der Waals surface area contributed by atoms with E-state index in [-0.39, 0.29) is 37.2 Å². The molecule has 4 atom stereocenters. The molecule has 1 heterocycles. The van der Waals surface area contributed by atoms with Crippen LogP contribution in [0.15, 0.2) is 30.3 Å². The lowest BCUT2D eigenvalue weighted by Gasteiger charge is -2.27. The van der Waals surface area contributed by atoms with Crippen molar-refractivity contribution in [2.24, 2.45) is 17.8 Å². The van der Waals surface area contributed by atoms with E-state index in [1.807, 2.05) is 32.0 Å². The maximum Gasteiger partial charge on any atom is 0.408 e. The highest BCUT2D eigenvalue weighted by Crippen LogP contribution is 2.17. The van der Waals surface area contributed by atoms with Crippen LogP contribution in [0.3, 0.4) is 0 Å². The highest BCUT2D eigenvalue weighted by molar-refractivity contribution is 5.93. The van der Waals surface area contributed by atoms with E-state index in [1.165, 1.54) is 0 Å². The summed E-state index contributed by atoms with van der Waals surface area (Å²) in [5.74, 6) is -3.57. The fourth-order valence-electron chi connectivity index (χ4n) is 4.04. The second kappa shape index (κ2) is 14.2. The molecular formula is C26H38N4O7. The van der Waals surface area contributed by atoms with Gasteiger partial charge in [0, 0.05) is 12.5 Å². The minimum absolute atomic E-state index is 0.00114. The van der Waals surface area contributed by atoms with Crippen molar-refractivity contribution < 1.29 is 33.8 Å². The Hall–Kier alpha value is -3.63. The van der Waals surface area contributed by atoms with Crippen LogP contribution in [-0.4, -0.2) is 59.6 Å². The second-order valence-electron chi connectivity index (χ2n) is 10.0. The van der Waals surface area contributed by atoms with Gasteiger partial charge in [-0.3, -0.25) is 14.4 Å². The van der Waals surface area contributed by atoms with Crippen molar-refractivity contribution in [1.29, 1.82) is 0 Å². The van der Waals surface area contributed by atoms with Gasteiger partial charge in [-0.15, -0.1) is 0 Å². The van der Waals surface area contributed by atoms with Gasteiger partial charge in [0.1, 0.15) is 24.7 Å². The van der Waals surface area contributed by atoms with Gasteiger partial charge in [0.25, 0.3) is 0 Å². The van der Waals surface area contributed by atoms with E-state index in [0.29, 0.717) is 13.0 Å². The summed E-state index contributed by atoms with van der Waals surface area (Å²) in [5, 5.41) is 20.0. The maximum absolute atomic E-state index is 13.1. The third-order valence-corrected chi connectivity index (χ3v) is 6.07. The smallest absolute Gasteiger partial charge is 0.408 e. The number of carboxylic acid groups (broad SMARTS) is 1. The lowest BCUT2D eigenvalue weighted by atomic mass is 9.97. The summed E-state index contributed by atoms with van der Waals surface area (Å²) < 4.78 is 5.22. The summed E-state index contributed by atoms with van der Waals surface area (Å²) in [6.07, 6.45) is -0.0777. The van der Waals surface area contributed by atoms with Crippen molar-refractivity contribution in [3.05, 3.63) is 35.9 Å². The topological polar surface area (TPSA) is 163 Å². The average molecular weight is 519 g/mol. The normalized spacial score (nSPS) is 17.5. The Kier molecular flexibility index (Phi) is 11.4. The van der Waals surface area contributed by atoms with Crippen LogP contribution < -0.4 is 21.3 Å². The number of carbonyl (C=O) groups is 5. The Balaban J connectivity index is 2.03. The zero-order valence-electron chi connectivity index (χ0n) is 21.8. The van der Waals surface area contributed by atoms with Crippen molar-refractivity contribution in [3.63, 3.8) is 0 Å². The van der Waals surface area contributed by atoms with Crippen LogP contribution in [0.4, 0.5) is 4.79 Å². The fraction of sp³-hybridized carbons (Fsp3) is 0.577. The second-order valence-corrected chi connectivity index (χ2v) is 10.0. The summed E-state index contributed by atoms with van der Waals surface area (Å²) in [6.45, 7) is 7.71. The number of hydrogen-bond acceptors (Lipinski definition) is 6. The Morgan fingerprint density at radius 1 is 1.00 bits per heavy atom. The molecule has 204 valence electrons. The molecule has 11 heteroatoms. The van der Waals surface area contributed by atoms with Crippen molar-refractivity contribution in [1.82, 2.24) is 21.3 Å². The van der Waals surface area contributed by atoms with Crippen LogP contribution in [0.5, 0.6) is 0 Å². The Bertz CT molecular complexity index is 952. The number of aliphatic carboxylic acids is 1. The molecular weight excluding hydrogens is 480 g/mol. The molecule has 0 aliphatic carbocycles. The van der Waals surface area contributed by atoms with E-state index < -0.39 is 47.9 Å². The van der Waals surface area contributed by atoms with Crippen LogP contribution in [0, 0.1) is 17.8 Å². The highest BCUT2D eigenvalue weighted by atomic mass is 16.5. The molecule has 1 aromatic carbocycles. The van der Waals surface area contributed by atoms with Crippen LogP contribution in [0.1, 0.15) is 52.5 Å². The maximum atomic E-state index is 13.1. The zero-order valence-corrected chi connectivity index (χ0v) is 21.8. The average Bonchev–Trinajstić information content (AvgIpc) is 3.24. The summed E-state index contributed by atoms with van der Waals surface area (Å²) in [5.41, 5.74) is 0.792. The van der Waals surface area contributed by atoms with Crippen molar-refractivity contribution in [2.45, 2.75) is 71.7 Å². The first-order chi connectivity index (χ1) is 17.5. The van der Waals surface area contributed by atoms with Gasteiger partial charge in [0.2, 0.25) is 17.7 Å². The molecule has 0 spiro atoms. The molecule has 11 nitrogen and oxygen atoms in total. The fourth-order valence-corrected chi connectivity index (χ4v) is 4.04. The van der Waals surface area contributed by atoms with Crippen molar-refractivity contribution >= 4 is 29.8 Å². The summed E-state index contributed by atoms with van der Waals surface area (Å²) in [4.78, 5) is 62.2. The van der Waals surface area contributed by atoms with Crippen LogP contribution >= 0.6 is 0 Å². The molecule has 5 N–H and O–H groups in total. The number of ether oxygens (including phenoxy) is 1. The summed E-state index contributed by atoms with van der Waals surface area (Å²) >= 11 is 0. The summed E-state index contributed by atoms with van der Waals surface area (Å²) in [6, 6.07) is 5.79. The zero-order chi connectivity index (χ0) is 27.5. The van der Waals surface area contributed by atoms with Crippen molar-refractivity contribution in [3.8, 4) is 0 Å². The van der Waals surface area contributed by atoms with Gasteiger partial charge in [0.05, 0.1) is 0 Å². The number of alkyl carbamates (subject to hydrolysis) is 1. The minimum atomic E-state index is -1.28. The van der Waals surface area contributed by atoms with Gasteiger partial charge in [-0.25, -0.2) is 9.59 Å². The van der Waals surface area contributed by atoms with Crippen LogP contribution in [0.2, 0.25) is 0 Å². The molecule has 0 radical (unpaired) electrons. The van der Waals surface area contributed by atoms with Gasteiger partial charge in [-0.05, 0) is 36.7 Å². The lowest BCUT2D eigenvalue weighted by molar-refractivity contribution is -0.143. The Morgan fingerprint density at radius 2 is 1.65 bits per heavy atom. The predicted molar refractivity (Wildman–Crippen MR) is 135 cm³/mol. The van der Waals surface area contributed by atoms with Gasteiger partial charge >= 0.3 is 12.1 Å². The largest absolute Gasteiger partial charge is 0.480 e. The van der Waals surface area contributed by atoms with Gasteiger partial charge < -0.3 is 31.1 Å². The minimum Gasteiger partial charge on any atom is -0.480 e. The highest BCUT2D eigenvalue weighted by Gasteiger charge is 2.34. The molecule has 2 rings (SSSR count). The first-order valence-electron chi connectivity index (χ1n) is 12.6. The number of rotatable bonds is 13. The number of carboxylic acids is 1. The monoisotopic (exact) mass is 518 g/mol. The molecule has 1 aliphatic heterocycles. The molecule has 0 saturated carbocycles. The Morgan fingerprint density at radius 3 is 2.19 bits per heavy atom. The van der Waals surface area contributed by atoms with Gasteiger partial charge in [0.15, 0.2) is 0 Å². The molecule has 3 unspecified atom stereocenters. The number of hydrogen-bond donors (Lipinski definition) is 5. The molecule has 4 amide bonds. The van der Waals surface area contributed by atoms with E-state index in [0.717, 1.165) is 5.56 Å². The van der Waals surface area contributed by atoms with E-state index in [2.05, 4.69) is 21.3 Å².